The summed E-state index contributed by atoms with van der Waals surface area (Å²) in [5.41, 5.74) is 2.50. The fraction of sp³-hybridized carbons (Fsp3) is 0.483. The smallest absolute Gasteiger partial charge is 0.304 e. The number of nitrogens with zero attached hydrogens (tertiary/aromatic N) is 4. The highest BCUT2D eigenvalue weighted by molar-refractivity contribution is 6.11. The Kier molecular flexibility index (Phi) is 8.36. The van der Waals surface area contributed by atoms with Crippen LogP contribution in [-0.4, -0.2) is 110 Å². The van der Waals surface area contributed by atoms with Crippen molar-refractivity contribution in [3.63, 3.8) is 0 Å². The van der Waals surface area contributed by atoms with E-state index in [1.165, 1.54) is 4.90 Å². The van der Waals surface area contributed by atoms with Crippen LogP contribution in [0.15, 0.2) is 48.5 Å². The molecule has 38 heavy (non-hydrogen) atoms. The molecule has 9 nitrogen and oxygen atoms in total. The van der Waals surface area contributed by atoms with Crippen molar-refractivity contribution in [2.24, 2.45) is 0 Å². The van der Waals surface area contributed by atoms with Gasteiger partial charge in [0.05, 0.1) is 19.6 Å². The fourth-order valence-corrected chi connectivity index (χ4v) is 5.80. The summed E-state index contributed by atoms with van der Waals surface area (Å²) < 4.78 is 5.42. The second-order valence-corrected chi connectivity index (χ2v) is 10.2. The van der Waals surface area contributed by atoms with Gasteiger partial charge in [-0.25, -0.2) is 0 Å². The first-order valence-electron chi connectivity index (χ1n) is 13.5. The third kappa shape index (κ3) is 5.90. The number of hydrogen-bond donors (Lipinski definition) is 1. The number of hydrogen-bond acceptors (Lipinski definition) is 6. The number of morpholine rings is 1. The molecular formula is C29H36N4O5. The first-order chi connectivity index (χ1) is 18.5. The maximum Gasteiger partial charge on any atom is 0.304 e. The van der Waals surface area contributed by atoms with Crippen LogP contribution < -0.4 is 4.90 Å². The Morgan fingerprint density at radius 3 is 2.18 bits per heavy atom. The highest BCUT2D eigenvalue weighted by Crippen LogP contribution is 2.40. The SMILES string of the molecule is O=C(O)CC1c2ccccc2C(=O)N(CC(=O)N2CCN(CCCN3CCOCC3)CC2)c2ccccc21. The quantitative estimate of drug-likeness (QED) is 0.570. The molecule has 3 heterocycles. The maximum atomic E-state index is 13.7. The number of para-hydroxylation sites is 1. The van der Waals surface area contributed by atoms with Gasteiger partial charge in [0, 0.05) is 56.4 Å². The molecule has 5 rings (SSSR count). The van der Waals surface area contributed by atoms with E-state index >= 15 is 0 Å². The molecule has 3 aliphatic rings. The summed E-state index contributed by atoms with van der Waals surface area (Å²) in [6.45, 7) is 8.57. The van der Waals surface area contributed by atoms with Gasteiger partial charge in [-0.3, -0.25) is 29.1 Å². The highest BCUT2D eigenvalue weighted by atomic mass is 16.5. The van der Waals surface area contributed by atoms with Crippen molar-refractivity contribution in [2.75, 3.05) is 77.0 Å². The standard InChI is InChI=1S/C29H36N4O5/c34-27(32-14-12-30(13-15-32)10-5-11-31-16-18-38-19-17-31)21-33-26-9-4-3-7-23(26)25(20-28(35)36)22-6-1-2-8-24(22)29(33)37/h1-4,6-9,25H,5,10-21H2,(H,35,36). The zero-order chi connectivity index (χ0) is 26.5. The van der Waals surface area contributed by atoms with E-state index in [0.29, 0.717) is 29.9 Å². The van der Waals surface area contributed by atoms with Crippen molar-refractivity contribution < 1.29 is 24.2 Å². The first-order valence-corrected chi connectivity index (χ1v) is 13.5. The van der Waals surface area contributed by atoms with Crippen LogP contribution in [-0.2, 0) is 14.3 Å². The van der Waals surface area contributed by atoms with Crippen LogP contribution in [0.4, 0.5) is 5.69 Å². The van der Waals surface area contributed by atoms with E-state index in [-0.39, 0.29) is 24.8 Å². The number of carboxylic acids is 1. The molecule has 202 valence electrons. The van der Waals surface area contributed by atoms with Crippen LogP contribution in [0.1, 0.15) is 40.2 Å². The van der Waals surface area contributed by atoms with Gasteiger partial charge in [-0.1, -0.05) is 36.4 Å². The van der Waals surface area contributed by atoms with Crippen LogP contribution >= 0.6 is 0 Å². The van der Waals surface area contributed by atoms with Gasteiger partial charge < -0.3 is 14.7 Å². The summed E-state index contributed by atoms with van der Waals surface area (Å²) in [5.74, 6) is -1.75. The Bertz CT molecular complexity index is 1160. The lowest BCUT2D eigenvalue weighted by Gasteiger charge is -2.36. The number of carbonyl (C=O) groups excluding carboxylic acids is 2. The van der Waals surface area contributed by atoms with Crippen molar-refractivity contribution in [3.05, 3.63) is 65.2 Å². The van der Waals surface area contributed by atoms with E-state index in [4.69, 9.17) is 4.74 Å². The second kappa shape index (κ2) is 12.1. The number of anilines is 1. The number of fused-ring (bicyclic) bond motifs is 2. The molecule has 1 atom stereocenters. The molecule has 0 bridgehead atoms. The molecule has 1 unspecified atom stereocenters. The van der Waals surface area contributed by atoms with Crippen LogP contribution in [0.3, 0.4) is 0 Å². The van der Waals surface area contributed by atoms with Gasteiger partial charge in [0.2, 0.25) is 5.91 Å². The zero-order valence-corrected chi connectivity index (χ0v) is 21.8. The van der Waals surface area contributed by atoms with E-state index in [1.54, 1.807) is 12.1 Å². The van der Waals surface area contributed by atoms with E-state index in [1.807, 2.05) is 41.3 Å². The lowest BCUT2D eigenvalue weighted by atomic mass is 9.86. The Morgan fingerprint density at radius 1 is 0.842 bits per heavy atom. The van der Waals surface area contributed by atoms with E-state index in [9.17, 15) is 19.5 Å². The topological polar surface area (TPSA) is 93.6 Å². The Balaban J connectivity index is 1.25. The lowest BCUT2D eigenvalue weighted by molar-refractivity contribution is -0.137. The predicted molar refractivity (Wildman–Crippen MR) is 144 cm³/mol. The number of amides is 2. The molecule has 2 aromatic carbocycles. The molecule has 2 amide bonds. The van der Waals surface area contributed by atoms with Gasteiger partial charge in [0.15, 0.2) is 0 Å². The molecule has 0 radical (unpaired) electrons. The Hall–Kier alpha value is -3.27. The van der Waals surface area contributed by atoms with Gasteiger partial charge in [-0.2, -0.15) is 0 Å². The summed E-state index contributed by atoms with van der Waals surface area (Å²) in [6, 6.07) is 14.5. The number of aliphatic carboxylic acids is 1. The molecule has 2 saturated heterocycles. The fourth-order valence-electron chi connectivity index (χ4n) is 5.80. The van der Waals surface area contributed by atoms with Crippen LogP contribution in [0.25, 0.3) is 0 Å². The average Bonchev–Trinajstić information content (AvgIpc) is 3.03. The third-order valence-electron chi connectivity index (χ3n) is 7.86. The summed E-state index contributed by atoms with van der Waals surface area (Å²) in [6.07, 6.45) is 0.973. The molecule has 2 aromatic rings. The van der Waals surface area contributed by atoms with Gasteiger partial charge in [0.1, 0.15) is 6.54 Å². The van der Waals surface area contributed by atoms with Crippen LogP contribution in [0.2, 0.25) is 0 Å². The van der Waals surface area contributed by atoms with Gasteiger partial charge in [-0.15, -0.1) is 0 Å². The summed E-state index contributed by atoms with van der Waals surface area (Å²) in [7, 11) is 0. The second-order valence-electron chi connectivity index (χ2n) is 10.2. The van der Waals surface area contributed by atoms with Gasteiger partial charge in [-0.05, 0) is 42.8 Å². The van der Waals surface area contributed by atoms with E-state index in [0.717, 1.165) is 64.5 Å². The Morgan fingerprint density at radius 2 is 1.47 bits per heavy atom. The molecule has 0 spiro atoms. The van der Waals surface area contributed by atoms with Crippen molar-refractivity contribution in [2.45, 2.75) is 18.8 Å². The van der Waals surface area contributed by atoms with Gasteiger partial charge in [0.25, 0.3) is 5.91 Å². The van der Waals surface area contributed by atoms with Crippen molar-refractivity contribution in [1.29, 1.82) is 0 Å². The lowest BCUT2D eigenvalue weighted by Crippen LogP contribution is -2.52. The summed E-state index contributed by atoms with van der Waals surface area (Å²) in [5, 5.41) is 9.63. The third-order valence-corrected chi connectivity index (χ3v) is 7.86. The monoisotopic (exact) mass is 520 g/mol. The predicted octanol–water partition coefficient (Wildman–Crippen LogP) is 2.12. The number of piperazine rings is 1. The van der Waals surface area contributed by atoms with Crippen LogP contribution in [0.5, 0.6) is 0 Å². The van der Waals surface area contributed by atoms with Crippen molar-refractivity contribution >= 4 is 23.5 Å². The minimum atomic E-state index is -0.931. The zero-order valence-electron chi connectivity index (χ0n) is 21.8. The first kappa shape index (κ1) is 26.3. The number of carboxylic acid groups (broad SMARTS) is 1. The molecule has 0 aromatic heterocycles. The number of rotatable bonds is 8. The Labute approximate surface area is 223 Å². The normalized spacial score (nSPS) is 20.5. The molecule has 2 fully saturated rings. The largest absolute Gasteiger partial charge is 0.481 e. The molecule has 9 heteroatoms. The maximum absolute atomic E-state index is 13.7. The summed E-state index contributed by atoms with van der Waals surface area (Å²) >= 11 is 0. The molecule has 1 N–H and O–H groups in total. The molecule has 0 aliphatic carbocycles. The molecule has 3 aliphatic heterocycles. The van der Waals surface area contributed by atoms with Crippen molar-refractivity contribution in [1.82, 2.24) is 14.7 Å². The minimum absolute atomic E-state index is 0.0684. The highest BCUT2D eigenvalue weighted by Gasteiger charge is 2.35. The molecule has 0 saturated carbocycles. The van der Waals surface area contributed by atoms with Crippen molar-refractivity contribution in [3.8, 4) is 0 Å². The minimum Gasteiger partial charge on any atom is -0.481 e. The molecular weight excluding hydrogens is 484 g/mol. The van der Waals surface area contributed by atoms with E-state index in [2.05, 4.69) is 9.80 Å². The van der Waals surface area contributed by atoms with E-state index < -0.39 is 11.9 Å². The average molecular weight is 521 g/mol. The van der Waals surface area contributed by atoms with Gasteiger partial charge >= 0.3 is 5.97 Å². The summed E-state index contributed by atoms with van der Waals surface area (Å²) in [4.78, 5) is 47.2. The number of ether oxygens (including phenoxy) is 1. The number of benzene rings is 2. The van der Waals surface area contributed by atoms with Crippen LogP contribution in [0, 0.1) is 0 Å². The number of carbonyl (C=O) groups is 3.